The SMILES string of the molecule is CCNC(=NCCC(O)(c1nccn1C)C(F)(F)F)NCCOC1CCCCCC1.I. The van der Waals surface area contributed by atoms with E-state index in [-0.39, 0.29) is 36.6 Å². The van der Waals surface area contributed by atoms with Crippen LogP contribution in [0.5, 0.6) is 0 Å². The van der Waals surface area contributed by atoms with Crippen molar-refractivity contribution in [1.29, 1.82) is 0 Å². The monoisotopic (exact) mass is 561 g/mol. The van der Waals surface area contributed by atoms with Crippen molar-refractivity contribution in [2.24, 2.45) is 12.0 Å². The summed E-state index contributed by atoms with van der Waals surface area (Å²) in [5, 5.41) is 16.5. The topological polar surface area (TPSA) is 83.7 Å². The van der Waals surface area contributed by atoms with E-state index in [0.29, 0.717) is 25.7 Å². The molecule has 0 bridgehead atoms. The Morgan fingerprint density at radius 2 is 1.94 bits per heavy atom. The summed E-state index contributed by atoms with van der Waals surface area (Å²) in [6.07, 6.45) is 4.47. The van der Waals surface area contributed by atoms with Crippen LogP contribution in [0.1, 0.15) is 57.7 Å². The lowest BCUT2D eigenvalue weighted by molar-refractivity contribution is -0.272. The molecule has 0 aliphatic heterocycles. The Morgan fingerprint density at radius 3 is 2.48 bits per heavy atom. The molecule has 11 heteroatoms. The highest BCUT2D eigenvalue weighted by Crippen LogP contribution is 2.40. The van der Waals surface area contributed by atoms with Crippen LogP contribution in [0.2, 0.25) is 0 Å². The zero-order valence-electron chi connectivity index (χ0n) is 18.2. The number of hydrogen-bond acceptors (Lipinski definition) is 4. The van der Waals surface area contributed by atoms with Crippen LogP contribution in [0.15, 0.2) is 17.4 Å². The van der Waals surface area contributed by atoms with Gasteiger partial charge in [-0.25, -0.2) is 4.98 Å². The number of aliphatic imine (C=N–C) groups is 1. The molecule has 3 N–H and O–H groups in total. The van der Waals surface area contributed by atoms with Crippen molar-refractivity contribution in [3.8, 4) is 0 Å². The van der Waals surface area contributed by atoms with Gasteiger partial charge >= 0.3 is 6.18 Å². The van der Waals surface area contributed by atoms with Gasteiger partial charge in [0.25, 0.3) is 0 Å². The van der Waals surface area contributed by atoms with E-state index in [0.717, 1.165) is 12.8 Å². The highest BCUT2D eigenvalue weighted by atomic mass is 127. The Balaban J connectivity index is 0.00000480. The molecule has 1 aromatic rings. The zero-order valence-corrected chi connectivity index (χ0v) is 20.6. The number of ether oxygens (including phenoxy) is 1. The number of hydrogen-bond donors (Lipinski definition) is 3. The predicted molar refractivity (Wildman–Crippen MR) is 125 cm³/mol. The number of alkyl halides is 3. The van der Waals surface area contributed by atoms with Gasteiger partial charge in [-0.1, -0.05) is 25.7 Å². The number of rotatable bonds is 9. The van der Waals surface area contributed by atoms with Crippen LogP contribution in [0.4, 0.5) is 13.2 Å². The number of nitrogens with zero attached hydrogens (tertiary/aromatic N) is 3. The van der Waals surface area contributed by atoms with E-state index in [2.05, 4.69) is 20.6 Å². The standard InChI is InChI=1S/C20H34F3N5O2.HI/c1-3-24-18(27-13-15-30-16-8-6-4-5-7-9-16)26-11-10-19(29,20(21,22)23)17-25-12-14-28(17)2;/h12,14,16,29H,3-11,13,15H2,1-2H3,(H2,24,26,27);1H. The largest absolute Gasteiger partial charge is 0.424 e. The normalized spacial score (nSPS) is 18.1. The predicted octanol–water partition coefficient (Wildman–Crippen LogP) is 3.47. The summed E-state index contributed by atoms with van der Waals surface area (Å²) in [6, 6.07) is 0. The Hall–Kier alpha value is -1.08. The minimum absolute atomic E-state index is 0. The number of imidazole rings is 1. The van der Waals surface area contributed by atoms with Crippen molar-refractivity contribution >= 4 is 29.9 Å². The average Bonchev–Trinajstić information content (AvgIpc) is 2.96. The van der Waals surface area contributed by atoms with Crippen molar-refractivity contribution in [2.45, 2.75) is 69.8 Å². The van der Waals surface area contributed by atoms with E-state index in [1.54, 1.807) is 0 Å². The third-order valence-electron chi connectivity index (χ3n) is 5.30. The number of aromatic nitrogens is 2. The number of aliphatic hydroxyl groups is 1. The van der Waals surface area contributed by atoms with Gasteiger partial charge in [-0.05, 0) is 19.8 Å². The van der Waals surface area contributed by atoms with Crippen LogP contribution >= 0.6 is 24.0 Å². The summed E-state index contributed by atoms with van der Waals surface area (Å²) in [5.74, 6) is -0.0497. The molecule has 0 amide bonds. The number of nitrogens with one attached hydrogen (secondary N) is 2. The molecule has 1 atom stereocenters. The summed E-state index contributed by atoms with van der Waals surface area (Å²) in [4.78, 5) is 7.89. The molecule has 0 aromatic carbocycles. The molecule has 1 aliphatic rings. The fraction of sp³-hybridized carbons (Fsp3) is 0.800. The number of guanidine groups is 1. The molecule has 1 unspecified atom stereocenters. The van der Waals surface area contributed by atoms with Crippen LogP contribution in [-0.2, 0) is 17.4 Å². The first-order valence-electron chi connectivity index (χ1n) is 10.7. The van der Waals surface area contributed by atoms with Crippen LogP contribution in [-0.4, -0.2) is 59.1 Å². The van der Waals surface area contributed by atoms with Crippen molar-refractivity contribution in [2.75, 3.05) is 26.2 Å². The fourth-order valence-corrected chi connectivity index (χ4v) is 3.62. The summed E-state index contributed by atoms with van der Waals surface area (Å²) >= 11 is 0. The van der Waals surface area contributed by atoms with Gasteiger partial charge in [0.1, 0.15) is 5.82 Å². The van der Waals surface area contributed by atoms with Gasteiger partial charge in [-0.2, -0.15) is 13.2 Å². The number of halogens is 4. The summed E-state index contributed by atoms with van der Waals surface area (Å²) in [6.45, 7) is 3.24. The highest BCUT2D eigenvalue weighted by molar-refractivity contribution is 14.0. The van der Waals surface area contributed by atoms with E-state index in [1.807, 2.05) is 6.92 Å². The zero-order chi connectivity index (χ0) is 22.0. The van der Waals surface area contributed by atoms with Gasteiger partial charge in [0.05, 0.1) is 12.7 Å². The summed E-state index contributed by atoms with van der Waals surface area (Å²) in [5.41, 5.74) is -3.06. The smallest absolute Gasteiger partial charge is 0.376 e. The molecule has 1 fully saturated rings. The van der Waals surface area contributed by atoms with Gasteiger partial charge in [-0.3, -0.25) is 4.99 Å². The second-order valence-electron chi connectivity index (χ2n) is 7.64. The second kappa shape index (κ2) is 13.5. The lowest BCUT2D eigenvalue weighted by Crippen LogP contribution is -2.45. The quantitative estimate of drug-likeness (QED) is 0.142. The Bertz CT molecular complexity index is 663. The molecule has 180 valence electrons. The molecule has 1 aromatic heterocycles. The maximum absolute atomic E-state index is 13.6. The maximum Gasteiger partial charge on any atom is 0.424 e. The van der Waals surface area contributed by atoms with Crippen molar-refractivity contribution in [3.63, 3.8) is 0 Å². The molecule has 1 aliphatic carbocycles. The van der Waals surface area contributed by atoms with Gasteiger partial charge in [0.2, 0.25) is 5.60 Å². The van der Waals surface area contributed by atoms with Crippen molar-refractivity contribution in [3.05, 3.63) is 18.2 Å². The molecule has 7 nitrogen and oxygen atoms in total. The van der Waals surface area contributed by atoms with E-state index in [4.69, 9.17) is 4.74 Å². The highest BCUT2D eigenvalue weighted by Gasteiger charge is 2.57. The van der Waals surface area contributed by atoms with Crippen molar-refractivity contribution in [1.82, 2.24) is 20.2 Å². The molecule has 0 spiro atoms. The Kier molecular flexibility index (Phi) is 12.1. The van der Waals surface area contributed by atoms with Gasteiger partial charge in [-0.15, -0.1) is 24.0 Å². The minimum atomic E-state index is -4.86. The molecule has 0 radical (unpaired) electrons. The molecule has 0 saturated heterocycles. The lowest BCUT2D eigenvalue weighted by Gasteiger charge is -2.29. The van der Waals surface area contributed by atoms with Gasteiger partial charge < -0.3 is 25.0 Å². The molecule has 1 saturated carbocycles. The fourth-order valence-electron chi connectivity index (χ4n) is 3.62. The number of aryl methyl sites for hydroxylation is 1. The van der Waals surface area contributed by atoms with E-state index >= 15 is 0 Å². The molecule has 1 heterocycles. The summed E-state index contributed by atoms with van der Waals surface area (Å²) < 4.78 is 47.8. The van der Waals surface area contributed by atoms with Gasteiger partial charge in [0.15, 0.2) is 5.96 Å². The van der Waals surface area contributed by atoms with E-state index in [9.17, 15) is 18.3 Å². The first-order chi connectivity index (χ1) is 14.3. The lowest BCUT2D eigenvalue weighted by atomic mass is 9.98. The second-order valence-corrected chi connectivity index (χ2v) is 7.64. The third kappa shape index (κ3) is 8.41. The summed E-state index contributed by atoms with van der Waals surface area (Å²) in [7, 11) is 1.42. The Labute approximate surface area is 199 Å². The van der Waals surface area contributed by atoms with Crippen molar-refractivity contribution < 1.29 is 23.0 Å². The maximum atomic E-state index is 13.6. The van der Waals surface area contributed by atoms with E-state index in [1.165, 1.54) is 49.7 Å². The molecule has 31 heavy (non-hydrogen) atoms. The van der Waals surface area contributed by atoms with Crippen LogP contribution < -0.4 is 10.6 Å². The third-order valence-corrected chi connectivity index (χ3v) is 5.30. The van der Waals surface area contributed by atoms with E-state index < -0.39 is 24.0 Å². The molecule has 2 rings (SSSR count). The van der Waals surface area contributed by atoms with Crippen LogP contribution in [0, 0.1) is 0 Å². The average molecular weight is 561 g/mol. The van der Waals surface area contributed by atoms with Gasteiger partial charge in [0, 0.05) is 45.5 Å². The first kappa shape index (κ1) is 28.0. The molecular weight excluding hydrogens is 526 g/mol. The minimum Gasteiger partial charge on any atom is -0.376 e. The van der Waals surface area contributed by atoms with Crippen LogP contribution in [0.3, 0.4) is 0 Å². The van der Waals surface area contributed by atoms with Crippen LogP contribution in [0.25, 0.3) is 0 Å². The molecular formula is C20H35F3IN5O2. The Morgan fingerprint density at radius 1 is 1.26 bits per heavy atom. The first-order valence-corrected chi connectivity index (χ1v) is 10.7.